The molecule has 1 aromatic carbocycles. The van der Waals surface area contributed by atoms with Gasteiger partial charge in [-0.3, -0.25) is 0 Å². The fraction of sp³-hybridized carbons (Fsp3) is 0.308. The molecule has 0 atom stereocenters. The number of rotatable bonds is 2. The molecule has 2 aromatic rings. The van der Waals surface area contributed by atoms with Gasteiger partial charge in [-0.2, -0.15) is 0 Å². The van der Waals surface area contributed by atoms with Crippen molar-refractivity contribution in [3.8, 4) is 22.6 Å². The van der Waals surface area contributed by atoms with Crippen LogP contribution in [0, 0.1) is 0 Å². The molecule has 1 aliphatic rings. The van der Waals surface area contributed by atoms with E-state index in [1.54, 1.807) is 12.3 Å². The summed E-state index contributed by atoms with van der Waals surface area (Å²) in [6.45, 7) is 3.08. The normalized spacial score (nSPS) is 13.6. The fourth-order valence-electron chi connectivity index (χ4n) is 2.28. The van der Waals surface area contributed by atoms with E-state index >= 15 is 0 Å². The van der Waals surface area contributed by atoms with E-state index in [-0.39, 0.29) is 5.88 Å². The van der Waals surface area contributed by atoms with Gasteiger partial charge in [-0.05, 0) is 6.42 Å². The van der Waals surface area contributed by atoms with Crippen molar-refractivity contribution >= 4 is 17.5 Å². The Hall–Kier alpha value is -1.88. The third-order valence-electron chi connectivity index (χ3n) is 3.10. The summed E-state index contributed by atoms with van der Waals surface area (Å²) in [5, 5.41) is 4.25. The Bertz CT molecular complexity index is 625. The van der Waals surface area contributed by atoms with Crippen molar-refractivity contribution in [3.05, 3.63) is 22.8 Å². The van der Waals surface area contributed by atoms with Crippen LogP contribution >= 0.6 is 11.6 Å². The standard InChI is InChI=1S/C13H13ClN2O3/c1-2-7-11(8-6-16-19-13(8)15)9(14)5-10-12(7)18-4-3-17-10/h5-6H,2-4,15H2,1H3. The van der Waals surface area contributed by atoms with E-state index in [0.717, 1.165) is 23.3 Å². The molecular formula is C13H13ClN2O3. The molecule has 2 N–H and O–H groups in total. The highest BCUT2D eigenvalue weighted by atomic mass is 35.5. The van der Waals surface area contributed by atoms with Crippen LogP contribution in [0.25, 0.3) is 11.1 Å². The van der Waals surface area contributed by atoms with Crippen molar-refractivity contribution < 1.29 is 14.0 Å². The van der Waals surface area contributed by atoms with Crippen LogP contribution < -0.4 is 15.2 Å². The van der Waals surface area contributed by atoms with E-state index in [0.29, 0.717) is 29.5 Å². The Morgan fingerprint density at radius 3 is 2.84 bits per heavy atom. The van der Waals surface area contributed by atoms with Crippen LogP contribution in [-0.2, 0) is 6.42 Å². The summed E-state index contributed by atoms with van der Waals surface area (Å²) < 4.78 is 16.2. The van der Waals surface area contributed by atoms with E-state index in [4.69, 9.17) is 31.3 Å². The fourth-order valence-corrected chi connectivity index (χ4v) is 2.60. The molecule has 19 heavy (non-hydrogen) atoms. The molecule has 6 heteroatoms. The van der Waals surface area contributed by atoms with Gasteiger partial charge in [0.25, 0.3) is 0 Å². The van der Waals surface area contributed by atoms with Crippen LogP contribution in [-0.4, -0.2) is 18.4 Å². The summed E-state index contributed by atoms with van der Waals surface area (Å²) in [6, 6.07) is 1.75. The van der Waals surface area contributed by atoms with Crippen LogP contribution in [0.5, 0.6) is 11.5 Å². The Labute approximate surface area is 115 Å². The highest BCUT2D eigenvalue weighted by molar-refractivity contribution is 6.34. The molecule has 2 heterocycles. The number of nitrogen functional groups attached to an aromatic ring is 1. The Balaban J connectivity index is 2.27. The number of nitrogens with two attached hydrogens (primary N) is 1. The molecule has 0 unspecified atom stereocenters. The number of halogens is 1. The molecule has 0 fully saturated rings. The second kappa shape index (κ2) is 4.66. The number of aromatic nitrogens is 1. The monoisotopic (exact) mass is 280 g/mol. The number of ether oxygens (including phenoxy) is 2. The minimum absolute atomic E-state index is 0.244. The lowest BCUT2D eigenvalue weighted by Gasteiger charge is -2.23. The largest absolute Gasteiger partial charge is 0.486 e. The molecule has 1 aliphatic heterocycles. The smallest absolute Gasteiger partial charge is 0.230 e. The first-order valence-corrected chi connectivity index (χ1v) is 6.41. The van der Waals surface area contributed by atoms with Gasteiger partial charge in [0.05, 0.1) is 16.8 Å². The number of nitrogens with zero attached hydrogens (tertiary/aromatic N) is 1. The first-order chi connectivity index (χ1) is 9.22. The third-order valence-corrected chi connectivity index (χ3v) is 3.40. The maximum Gasteiger partial charge on any atom is 0.230 e. The summed E-state index contributed by atoms with van der Waals surface area (Å²) in [7, 11) is 0. The molecule has 100 valence electrons. The molecular weight excluding hydrogens is 268 g/mol. The van der Waals surface area contributed by atoms with E-state index in [2.05, 4.69) is 5.16 Å². The molecule has 0 saturated heterocycles. The number of anilines is 1. The van der Waals surface area contributed by atoms with Gasteiger partial charge in [0.2, 0.25) is 5.88 Å². The van der Waals surface area contributed by atoms with Gasteiger partial charge in [0, 0.05) is 17.2 Å². The minimum atomic E-state index is 0.244. The first kappa shape index (κ1) is 12.2. The van der Waals surface area contributed by atoms with Gasteiger partial charge in [0.1, 0.15) is 13.2 Å². The molecule has 0 spiro atoms. The SMILES string of the molecule is CCc1c2c(cc(Cl)c1-c1cnoc1N)OCCO2. The quantitative estimate of drug-likeness (QED) is 0.916. The average Bonchev–Trinajstić information content (AvgIpc) is 2.83. The van der Waals surface area contributed by atoms with E-state index < -0.39 is 0 Å². The van der Waals surface area contributed by atoms with Crippen LogP contribution in [0.3, 0.4) is 0 Å². The van der Waals surface area contributed by atoms with E-state index in [9.17, 15) is 0 Å². The molecule has 5 nitrogen and oxygen atoms in total. The molecule has 0 aliphatic carbocycles. The Morgan fingerprint density at radius 2 is 2.16 bits per heavy atom. The van der Waals surface area contributed by atoms with Gasteiger partial charge in [-0.25, -0.2) is 0 Å². The Kier molecular flexibility index (Phi) is 2.98. The van der Waals surface area contributed by atoms with Gasteiger partial charge >= 0.3 is 0 Å². The number of hydrogen-bond donors (Lipinski definition) is 1. The van der Waals surface area contributed by atoms with Crippen molar-refractivity contribution in [3.63, 3.8) is 0 Å². The molecule has 3 rings (SSSR count). The molecule has 1 aromatic heterocycles. The van der Waals surface area contributed by atoms with Crippen LogP contribution in [0.4, 0.5) is 5.88 Å². The number of fused-ring (bicyclic) bond motifs is 1. The number of benzene rings is 1. The van der Waals surface area contributed by atoms with Crippen LogP contribution in [0.15, 0.2) is 16.8 Å². The topological polar surface area (TPSA) is 70.5 Å². The molecule has 0 saturated carbocycles. The zero-order chi connectivity index (χ0) is 13.4. The second-order valence-corrected chi connectivity index (χ2v) is 4.60. The highest BCUT2D eigenvalue weighted by Gasteiger charge is 2.24. The van der Waals surface area contributed by atoms with Crippen molar-refractivity contribution in [2.75, 3.05) is 18.9 Å². The lowest BCUT2D eigenvalue weighted by molar-refractivity contribution is 0.170. The molecule has 0 amide bonds. The first-order valence-electron chi connectivity index (χ1n) is 6.03. The Morgan fingerprint density at radius 1 is 1.37 bits per heavy atom. The van der Waals surface area contributed by atoms with Crippen molar-refractivity contribution in [1.29, 1.82) is 0 Å². The summed E-state index contributed by atoms with van der Waals surface area (Å²) in [5.74, 6) is 1.65. The second-order valence-electron chi connectivity index (χ2n) is 4.19. The van der Waals surface area contributed by atoms with Crippen LogP contribution in [0.2, 0.25) is 5.02 Å². The minimum Gasteiger partial charge on any atom is -0.486 e. The highest BCUT2D eigenvalue weighted by Crippen LogP contribution is 2.45. The maximum atomic E-state index is 6.35. The van der Waals surface area contributed by atoms with Crippen molar-refractivity contribution in [1.82, 2.24) is 5.16 Å². The summed E-state index contributed by atoms with van der Waals surface area (Å²) in [4.78, 5) is 0. The summed E-state index contributed by atoms with van der Waals surface area (Å²) in [5.41, 5.74) is 8.21. The van der Waals surface area contributed by atoms with E-state index in [1.165, 1.54) is 0 Å². The lowest BCUT2D eigenvalue weighted by Crippen LogP contribution is -2.17. The van der Waals surface area contributed by atoms with Gasteiger partial charge in [0.15, 0.2) is 11.5 Å². The van der Waals surface area contributed by atoms with Crippen LogP contribution in [0.1, 0.15) is 12.5 Å². The zero-order valence-electron chi connectivity index (χ0n) is 10.4. The lowest BCUT2D eigenvalue weighted by atomic mass is 9.98. The summed E-state index contributed by atoms with van der Waals surface area (Å²) in [6.07, 6.45) is 2.30. The van der Waals surface area contributed by atoms with Gasteiger partial charge in [-0.15, -0.1) is 0 Å². The van der Waals surface area contributed by atoms with Gasteiger partial charge in [-0.1, -0.05) is 23.7 Å². The molecule has 0 radical (unpaired) electrons. The third kappa shape index (κ3) is 1.90. The van der Waals surface area contributed by atoms with Gasteiger partial charge < -0.3 is 19.7 Å². The number of hydrogen-bond acceptors (Lipinski definition) is 5. The predicted molar refractivity (Wildman–Crippen MR) is 71.7 cm³/mol. The predicted octanol–water partition coefficient (Wildman–Crippen LogP) is 2.91. The zero-order valence-corrected chi connectivity index (χ0v) is 11.2. The van der Waals surface area contributed by atoms with E-state index in [1.807, 2.05) is 6.92 Å². The summed E-state index contributed by atoms with van der Waals surface area (Å²) >= 11 is 6.35. The van der Waals surface area contributed by atoms with Crippen molar-refractivity contribution in [2.24, 2.45) is 0 Å². The average molecular weight is 281 g/mol. The molecule has 0 bridgehead atoms. The maximum absolute atomic E-state index is 6.35. The van der Waals surface area contributed by atoms with Crippen molar-refractivity contribution in [2.45, 2.75) is 13.3 Å².